The first-order valence-corrected chi connectivity index (χ1v) is 6.84. The Kier molecular flexibility index (Phi) is 3.31. The second-order valence-electron chi connectivity index (χ2n) is 3.29. The van der Waals surface area contributed by atoms with E-state index in [1.807, 2.05) is 17.7 Å². The molecule has 4 nitrogen and oxygen atoms in total. The third-order valence-corrected chi connectivity index (χ3v) is 4.10. The second kappa shape index (κ2) is 4.73. The summed E-state index contributed by atoms with van der Waals surface area (Å²) in [5.41, 5.74) is 2.18. The number of hydrogen-bond donors (Lipinski definition) is 0. The predicted molar refractivity (Wildman–Crippen MR) is 66.0 cm³/mol. The van der Waals surface area contributed by atoms with Crippen LogP contribution in [0.3, 0.4) is 0 Å². The van der Waals surface area contributed by atoms with E-state index in [1.165, 1.54) is 11.3 Å². The molecule has 2 rings (SSSR count). The summed E-state index contributed by atoms with van der Waals surface area (Å²) in [6, 6.07) is 3.41. The Labute approximate surface area is 107 Å². The first kappa shape index (κ1) is 11.9. The molecule has 0 saturated heterocycles. The quantitative estimate of drug-likeness (QED) is 0.776. The molecule has 0 fully saturated rings. The number of nitriles is 1. The van der Waals surface area contributed by atoms with Crippen molar-refractivity contribution in [2.75, 3.05) is 6.26 Å². The first-order valence-electron chi connectivity index (χ1n) is 4.74. The molecule has 6 heteroatoms. The van der Waals surface area contributed by atoms with Crippen molar-refractivity contribution < 1.29 is 5.11 Å². The minimum Gasteiger partial charge on any atom is -0.858 e. The summed E-state index contributed by atoms with van der Waals surface area (Å²) in [6.07, 6.45) is 1.95. The fraction of sp³-hybridized carbons (Fsp3) is 0.182. The number of nitrogens with zero attached hydrogens (tertiary/aromatic N) is 3. The summed E-state index contributed by atoms with van der Waals surface area (Å²) in [5, 5.41) is 22.1. The number of thiazole rings is 1. The Morgan fingerprint density at radius 1 is 1.47 bits per heavy atom. The molecule has 0 N–H and O–H groups in total. The van der Waals surface area contributed by atoms with Crippen molar-refractivity contribution in [1.29, 1.82) is 5.26 Å². The molecule has 86 valence electrons. The second-order valence-corrected chi connectivity index (χ2v) is 5.20. The third kappa shape index (κ3) is 2.25. The molecule has 2 aromatic rings. The predicted octanol–water partition coefficient (Wildman–Crippen LogP) is 2.18. The summed E-state index contributed by atoms with van der Waals surface area (Å²) >= 11 is 3.10. The van der Waals surface area contributed by atoms with E-state index in [4.69, 9.17) is 5.26 Å². The van der Waals surface area contributed by atoms with Crippen molar-refractivity contribution in [1.82, 2.24) is 9.97 Å². The molecule has 0 aliphatic carbocycles. The van der Waals surface area contributed by atoms with Gasteiger partial charge >= 0.3 is 0 Å². The highest BCUT2D eigenvalue weighted by atomic mass is 32.2. The lowest BCUT2D eigenvalue weighted by atomic mass is 10.1. The van der Waals surface area contributed by atoms with Crippen molar-refractivity contribution in [3.63, 3.8) is 0 Å². The fourth-order valence-corrected chi connectivity index (χ4v) is 2.66. The highest BCUT2D eigenvalue weighted by molar-refractivity contribution is 8.00. The Morgan fingerprint density at radius 2 is 2.24 bits per heavy atom. The zero-order valence-electron chi connectivity index (χ0n) is 9.22. The lowest BCUT2D eigenvalue weighted by Crippen LogP contribution is -2.01. The van der Waals surface area contributed by atoms with Crippen LogP contribution < -0.4 is 5.11 Å². The molecule has 0 radical (unpaired) electrons. The van der Waals surface area contributed by atoms with Crippen molar-refractivity contribution in [2.24, 2.45) is 0 Å². The van der Waals surface area contributed by atoms with Gasteiger partial charge in [-0.15, -0.1) is 11.3 Å². The van der Waals surface area contributed by atoms with E-state index < -0.39 is 5.88 Å². The van der Waals surface area contributed by atoms with E-state index in [-0.39, 0.29) is 5.56 Å². The van der Waals surface area contributed by atoms with Gasteiger partial charge in [-0.25, -0.2) is 4.98 Å². The zero-order chi connectivity index (χ0) is 12.4. The molecule has 0 bridgehead atoms. The van der Waals surface area contributed by atoms with E-state index in [0.717, 1.165) is 15.6 Å². The largest absolute Gasteiger partial charge is 0.858 e. The van der Waals surface area contributed by atoms with Gasteiger partial charge in [0.1, 0.15) is 10.4 Å². The average Bonchev–Trinajstić information content (AvgIpc) is 2.78. The topological polar surface area (TPSA) is 72.6 Å². The Morgan fingerprint density at radius 3 is 2.82 bits per heavy atom. The van der Waals surface area contributed by atoms with Gasteiger partial charge in [0.05, 0.1) is 11.3 Å². The SMILES string of the molecule is CSc1nc(-c2cc(C#N)c([O-])nc2C)cs1. The molecule has 0 unspecified atom stereocenters. The monoisotopic (exact) mass is 262 g/mol. The number of hydrogen-bond acceptors (Lipinski definition) is 6. The van der Waals surface area contributed by atoms with Gasteiger partial charge in [-0.1, -0.05) is 11.8 Å². The smallest absolute Gasteiger partial charge is 0.150 e. The molecule has 0 aromatic carbocycles. The molecule has 0 aliphatic rings. The molecule has 0 spiro atoms. The summed E-state index contributed by atoms with van der Waals surface area (Å²) in [7, 11) is 0. The number of aromatic nitrogens is 2. The number of pyridine rings is 1. The van der Waals surface area contributed by atoms with Crippen molar-refractivity contribution in [3.05, 3.63) is 22.7 Å². The minimum absolute atomic E-state index is 0.0595. The molecular formula is C11H8N3OS2-. The van der Waals surface area contributed by atoms with Gasteiger partial charge in [0.15, 0.2) is 0 Å². The molecule has 0 atom stereocenters. The van der Waals surface area contributed by atoms with Gasteiger partial charge in [-0.2, -0.15) is 5.26 Å². The van der Waals surface area contributed by atoms with Crippen LogP contribution in [0, 0.1) is 18.3 Å². The fourth-order valence-electron chi connectivity index (χ4n) is 1.40. The first-order chi connectivity index (χ1) is 8.15. The Bertz CT molecular complexity index is 601. The van der Waals surface area contributed by atoms with E-state index in [9.17, 15) is 5.11 Å². The van der Waals surface area contributed by atoms with E-state index in [0.29, 0.717) is 5.69 Å². The Balaban J connectivity index is 2.55. The number of thioether (sulfide) groups is 1. The standard InChI is InChI=1S/C11H9N3OS2/c1-6-8(3-7(4-12)10(15)13-6)9-5-17-11(14-9)16-2/h3,5H,1-2H3,(H,13,15)/p-1. The minimum atomic E-state index is -0.478. The molecule has 0 amide bonds. The van der Waals surface area contributed by atoms with Gasteiger partial charge in [0.25, 0.3) is 0 Å². The number of aryl methyl sites for hydroxylation is 1. The van der Waals surface area contributed by atoms with Crippen LogP contribution >= 0.6 is 23.1 Å². The number of rotatable bonds is 2. The van der Waals surface area contributed by atoms with Gasteiger partial charge in [-0.05, 0) is 19.2 Å². The molecular weight excluding hydrogens is 254 g/mol. The van der Waals surface area contributed by atoms with Gasteiger partial charge < -0.3 is 5.11 Å². The van der Waals surface area contributed by atoms with Crippen LogP contribution in [0.5, 0.6) is 5.88 Å². The van der Waals surface area contributed by atoms with Gasteiger partial charge in [0, 0.05) is 22.5 Å². The highest BCUT2D eigenvalue weighted by Gasteiger charge is 2.09. The van der Waals surface area contributed by atoms with Crippen LogP contribution in [0.25, 0.3) is 11.3 Å². The summed E-state index contributed by atoms with van der Waals surface area (Å²) in [6.45, 7) is 1.75. The molecule has 2 aromatic heterocycles. The third-order valence-electron chi connectivity index (χ3n) is 2.23. The highest BCUT2D eigenvalue weighted by Crippen LogP contribution is 2.30. The molecule has 0 aliphatic heterocycles. The average molecular weight is 262 g/mol. The summed E-state index contributed by atoms with van der Waals surface area (Å²) in [5.74, 6) is -0.478. The maximum absolute atomic E-state index is 11.4. The van der Waals surface area contributed by atoms with E-state index in [2.05, 4.69) is 9.97 Å². The van der Waals surface area contributed by atoms with Crippen molar-refractivity contribution >= 4 is 23.1 Å². The molecule has 2 heterocycles. The van der Waals surface area contributed by atoms with Gasteiger partial charge in [-0.3, -0.25) is 4.98 Å². The molecule has 0 saturated carbocycles. The van der Waals surface area contributed by atoms with Gasteiger partial charge in [0.2, 0.25) is 0 Å². The van der Waals surface area contributed by atoms with Crippen LogP contribution in [0.2, 0.25) is 0 Å². The summed E-state index contributed by atoms with van der Waals surface area (Å²) < 4.78 is 0.948. The molecule has 17 heavy (non-hydrogen) atoms. The van der Waals surface area contributed by atoms with Crippen LogP contribution in [-0.2, 0) is 0 Å². The van der Waals surface area contributed by atoms with Crippen LogP contribution in [-0.4, -0.2) is 16.2 Å². The van der Waals surface area contributed by atoms with Crippen molar-refractivity contribution in [2.45, 2.75) is 11.3 Å². The summed E-state index contributed by atoms with van der Waals surface area (Å²) in [4.78, 5) is 8.23. The Hall–Kier alpha value is -1.58. The normalized spacial score (nSPS) is 10.2. The lowest BCUT2D eigenvalue weighted by molar-refractivity contribution is -0.275. The van der Waals surface area contributed by atoms with Crippen LogP contribution in [0.1, 0.15) is 11.3 Å². The van der Waals surface area contributed by atoms with Crippen LogP contribution in [0.4, 0.5) is 0 Å². The lowest BCUT2D eigenvalue weighted by Gasteiger charge is -2.10. The maximum Gasteiger partial charge on any atom is 0.150 e. The van der Waals surface area contributed by atoms with Crippen molar-refractivity contribution in [3.8, 4) is 23.2 Å². The van der Waals surface area contributed by atoms with E-state index >= 15 is 0 Å². The van der Waals surface area contributed by atoms with E-state index in [1.54, 1.807) is 24.8 Å². The zero-order valence-corrected chi connectivity index (χ0v) is 10.9. The maximum atomic E-state index is 11.4. The van der Waals surface area contributed by atoms with Crippen LogP contribution in [0.15, 0.2) is 15.8 Å².